The van der Waals surface area contributed by atoms with Gasteiger partial charge in [-0.2, -0.15) is 0 Å². The van der Waals surface area contributed by atoms with E-state index in [1.807, 2.05) is 12.1 Å². The molecular formula is C16H24N4O2S. The minimum absolute atomic E-state index is 0.0386. The Morgan fingerprint density at radius 1 is 1.35 bits per heavy atom. The molecule has 1 N–H and O–H groups in total. The van der Waals surface area contributed by atoms with Crippen LogP contribution in [-0.4, -0.2) is 23.0 Å². The largest absolute Gasteiger partial charge is 0.337 e. The number of rotatable bonds is 5. The van der Waals surface area contributed by atoms with Crippen LogP contribution in [0.4, 0.5) is 0 Å². The van der Waals surface area contributed by atoms with Crippen molar-refractivity contribution in [1.29, 1.82) is 0 Å². The van der Waals surface area contributed by atoms with Crippen LogP contribution in [0.1, 0.15) is 44.6 Å². The normalized spacial score (nSPS) is 14.0. The number of pyridine rings is 1. The smallest absolute Gasteiger partial charge is 0.260 e. The fourth-order valence-electron chi connectivity index (χ4n) is 2.33. The molecule has 0 saturated heterocycles. The van der Waals surface area contributed by atoms with Crippen molar-refractivity contribution in [1.82, 2.24) is 19.3 Å². The molecular weight excluding hydrogens is 312 g/mol. The van der Waals surface area contributed by atoms with Crippen molar-refractivity contribution in [3.05, 3.63) is 42.1 Å². The van der Waals surface area contributed by atoms with Gasteiger partial charge in [-0.05, 0) is 30.4 Å². The standard InChI is InChI=1S/C16H24N4O2S/c1-12-18-15(11-20(12)5)23(21,22)19-14(9-16(2,3)4)13-7-6-8-17-10-13/h6-8,10-11,14,19H,9H2,1-5H3. The predicted octanol–water partition coefficient (Wildman–Crippen LogP) is 2.58. The summed E-state index contributed by atoms with van der Waals surface area (Å²) in [7, 11) is -1.92. The third-order valence-corrected chi connectivity index (χ3v) is 4.90. The molecule has 0 aliphatic heterocycles. The number of aryl methyl sites for hydroxylation is 2. The third-order valence-electron chi connectivity index (χ3n) is 3.56. The van der Waals surface area contributed by atoms with Gasteiger partial charge in [0.15, 0.2) is 5.03 Å². The topological polar surface area (TPSA) is 76.9 Å². The lowest BCUT2D eigenvalue weighted by Gasteiger charge is -2.26. The molecule has 0 bridgehead atoms. The first-order valence-electron chi connectivity index (χ1n) is 7.51. The molecule has 2 aromatic heterocycles. The van der Waals surface area contributed by atoms with Gasteiger partial charge in [-0.3, -0.25) is 4.98 Å². The van der Waals surface area contributed by atoms with Crippen molar-refractivity contribution in [3.8, 4) is 0 Å². The molecule has 0 aliphatic carbocycles. The highest BCUT2D eigenvalue weighted by molar-refractivity contribution is 7.89. The molecule has 2 aromatic rings. The zero-order chi connectivity index (χ0) is 17.3. The van der Waals surface area contributed by atoms with Crippen molar-refractivity contribution in [2.24, 2.45) is 12.5 Å². The van der Waals surface area contributed by atoms with Gasteiger partial charge >= 0.3 is 0 Å². The molecule has 0 aromatic carbocycles. The van der Waals surface area contributed by atoms with E-state index in [9.17, 15) is 8.42 Å². The van der Waals surface area contributed by atoms with Crippen LogP contribution in [0.2, 0.25) is 0 Å². The zero-order valence-corrected chi connectivity index (χ0v) is 15.1. The Hall–Kier alpha value is -1.73. The first kappa shape index (κ1) is 17.6. The average molecular weight is 336 g/mol. The van der Waals surface area contributed by atoms with Crippen LogP contribution in [0, 0.1) is 12.3 Å². The number of nitrogens with one attached hydrogen (secondary N) is 1. The van der Waals surface area contributed by atoms with E-state index in [4.69, 9.17) is 0 Å². The van der Waals surface area contributed by atoms with Gasteiger partial charge in [-0.15, -0.1) is 0 Å². The second-order valence-corrected chi connectivity index (χ2v) is 8.62. The number of nitrogens with zero attached hydrogens (tertiary/aromatic N) is 3. The summed E-state index contributed by atoms with van der Waals surface area (Å²) in [6.07, 6.45) is 5.55. The average Bonchev–Trinajstić information content (AvgIpc) is 2.78. The second-order valence-electron chi connectivity index (χ2n) is 6.96. The highest BCUT2D eigenvalue weighted by atomic mass is 32.2. The van der Waals surface area contributed by atoms with Gasteiger partial charge in [0, 0.05) is 31.7 Å². The maximum Gasteiger partial charge on any atom is 0.260 e. The summed E-state index contributed by atoms with van der Waals surface area (Å²) >= 11 is 0. The molecule has 2 heterocycles. The first-order valence-corrected chi connectivity index (χ1v) is 8.99. The van der Waals surface area contributed by atoms with Crippen LogP contribution in [0.15, 0.2) is 35.7 Å². The first-order chi connectivity index (χ1) is 10.6. The van der Waals surface area contributed by atoms with Crippen LogP contribution in [0.5, 0.6) is 0 Å². The van der Waals surface area contributed by atoms with Crippen molar-refractivity contribution in [2.45, 2.75) is 45.2 Å². The van der Waals surface area contributed by atoms with Gasteiger partial charge in [-0.25, -0.2) is 18.1 Å². The summed E-state index contributed by atoms with van der Waals surface area (Å²) in [6.45, 7) is 8.01. The second kappa shape index (κ2) is 6.41. The van der Waals surface area contributed by atoms with Crippen LogP contribution < -0.4 is 4.72 Å². The van der Waals surface area contributed by atoms with E-state index in [2.05, 4.69) is 35.5 Å². The SMILES string of the molecule is Cc1nc(S(=O)(=O)NC(CC(C)(C)C)c2cccnc2)cn1C. The number of hydrogen-bond donors (Lipinski definition) is 1. The van der Waals surface area contributed by atoms with E-state index in [0.717, 1.165) is 5.56 Å². The number of hydrogen-bond acceptors (Lipinski definition) is 4. The maximum atomic E-state index is 12.7. The van der Waals surface area contributed by atoms with E-state index >= 15 is 0 Å². The summed E-state index contributed by atoms with van der Waals surface area (Å²) in [5, 5.41) is 0.0419. The molecule has 126 valence electrons. The van der Waals surface area contributed by atoms with E-state index < -0.39 is 10.0 Å². The lowest BCUT2D eigenvalue weighted by molar-refractivity contribution is 0.330. The van der Waals surface area contributed by atoms with E-state index in [0.29, 0.717) is 12.2 Å². The number of aromatic nitrogens is 3. The van der Waals surface area contributed by atoms with Crippen LogP contribution in [0.25, 0.3) is 0 Å². The Morgan fingerprint density at radius 2 is 2.04 bits per heavy atom. The predicted molar refractivity (Wildman–Crippen MR) is 89.3 cm³/mol. The maximum absolute atomic E-state index is 12.7. The third kappa shape index (κ3) is 4.62. The van der Waals surface area contributed by atoms with Crippen molar-refractivity contribution >= 4 is 10.0 Å². The van der Waals surface area contributed by atoms with E-state index in [-0.39, 0.29) is 16.5 Å². The molecule has 1 atom stereocenters. The van der Waals surface area contributed by atoms with Crippen molar-refractivity contribution < 1.29 is 8.42 Å². The zero-order valence-electron chi connectivity index (χ0n) is 14.2. The Labute approximate surface area is 138 Å². The van der Waals surface area contributed by atoms with Crippen molar-refractivity contribution in [2.75, 3.05) is 0 Å². The fourth-order valence-corrected chi connectivity index (χ4v) is 3.59. The van der Waals surface area contributed by atoms with Crippen LogP contribution in [-0.2, 0) is 17.1 Å². The van der Waals surface area contributed by atoms with Crippen molar-refractivity contribution in [3.63, 3.8) is 0 Å². The lowest BCUT2D eigenvalue weighted by Crippen LogP contribution is -2.31. The Kier molecular flexibility index (Phi) is 4.91. The molecule has 0 amide bonds. The summed E-state index contributed by atoms with van der Waals surface area (Å²) in [5.41, 5.74) is 0.807. The summed E-state index contributed by atoms with van der Waals surface area (Å²) in [6, 6.07) is 3.34. The molecule has 0 aliphatic rings. The van der Waals surface area contributed by atoms with Gasteiger partial charge in [-0.1, -0.05) is 26.8 Å². The minimum atomic E-state index is -3.69. The van der Waals surface area contributed by atoms with E-state index in [1.54, 1.807) is 30.9 Å². The molecule has 6 nitrogen and oxygen atoms in total. The molecule has 23 heavy (non-hydrogen) atoms. The fraction of sp³-hybridized carbons (Fsp3) is 0.500. The van der Waals surface area contributed by atoms with Gasteiger partial charge in [0.2, 0.25) is 0 Å². The summed E-state index contributed by atoms with van der Waals surface area (Å²) in [5.74, 6) is 0.652. The Bertz CT molecular complexity index is 742. The molecule has 2 rings (SSSR count). The van der Waals surface area contributed by atoms with Gasteiger partial charge in [0.25, 0.3) is 10.0 Å². The minimum Gasteiger partial charge on any atom is -0.337 e. The summed E-state index contributed by atoms with van der Waals surface area (Å²) in [4.78, 5) is 8.22. The van der Waals surface area contributed by atoms with Crippen LogP contribution in [0.3, 0.4) is 0 Å². The van der Waals surface area contributed by atoms with Gasteiger partial charge < -0.3 is 4.57 Å². The van der Waals surface area contributed by atoms with Gasteiger partial charge in [0.05, 0.1) is 0 Å². The summed E-state index contributed by atoms with van der Waals surface area (Å²) < 4.78 is 29.8. The highest BCUT2D eigenvalue weighted by Crippen LogP contribution is 2.30. The Balaban J connectivity index is 2.33. The molecule has 0 radical (unpaired) electrons. The van der Waals surface area contributed by atoms with E-state index in [1.165, 1.54) is 6.20 Å². The number of sulfonamides is 1. The quantitative estimate of drug-likeness (QED) is 0.910. The van der Waals surface area contributed by atoms with Crippen LogP contribution >= 0.6 is 0 Å². The lowest BCUT2D eigenvalue weighted by atomic mass is 9.86. The molecule has 0 saturated carbocycles. The van der Waals surface area contributed by atoms with Gasteiger partial charge in [0.1, 0.15) is 5.82 Å². The highest BCUT2D eigenvalue weighted by Gasteiger charge is 2.27. The molecule has 0 spiro atoms. The Morgan fingerprint density at radius 3 is 2.52 bits per heavy atom. The molecule has 7 heteroatoms. The molecule has 1 unspecified atom stereocenters. The monoisotopic (exact) mass is 336 g/mol. The molecule has 0 fully saturated rings. The number of imidazole rings is 1.